The van der Waals surface area contributed by atoms with Crippen molar-refractivity contribution in [1.82, 2.24) is 25.3 Å². The smallest absolute Gasteiger partial charge is 0.191 e. The first-order valence-electron chi connectivity index (χ1n) is 8.96. The quantitative estimate of drug-likeness (QED) is 0.233. The monoisotopic (exact) mass is 490 g/mol. The molecule has 0 spiro atoms. The lowest BCUT2D eigenvalue weighted by atomic mass is 10.1. The molecule has 2 aromatic rings. The van der Waals surface area contributed by atoms with Gasteiger partial charge in [0.05, 0.1) is 6.04 Å². The van der Waals surface area contributed by atoms with E-state index >= 15 is 0 Å². The maximum atomic E-state index is 4.34. The number of nitrogens with one attached hydrogen (secondary N) is 2. The van der Waals surface area contributed by atoms with Gasteiger partial charge in [-0.1, -0.05) is 13.8 Å². The second kappa shape index (κ2) is 13.1. The zero-order chi connectivity index (χ0) is 17.9. The van der Waals surface area contributed by atoms with Crippen LogP contribution >= 0.6 is 35.3 Å². The molecule has 0 aromatic carbocycles. The minimum absolute atomic E-state index is 0. The molecule has 0 aliphatic rings. The van der Waals surface area contributed by atoms with E-state index in [1.807, 2.05) is 30.2 Å². The van der Waals surface area contributed by atoms with Crippen LogP contribution in [0.3, 0.4) is 0 Å². The molecule has 0 bridgehead atoms. The van der Waals surface area contributed by atoms with Crippen molar-refractivity contribution in [2.24, 2.45) is 4.99 Å². The first-order chi connectivity index (χ1) is 12.3. The van der Waals surface area contributed by atoms with Crippen LogP contribution in [0, 0.1) is 0 Å². The van der Waals surface area contributed by atoms with Gasteiger partial charge in [-0.25, -0.2) is 0 Å². The zero-order valence-electron chi connectivity index (χ0n) is 15.9. The summed E-state index contributed by atoms with van der Waals surface area (Å²) in [5, 5.41) is 15.5. The molecule has 1 atom stereocenters. The van der Waals surface area contributed by atoms with Crippen molar-refractivity contribution < 1.29 is 0 Å². The molecular formula is C18H31IN6S. The number of hydrogen-bond acceptors (Lipinski definition) is 4. The molecule has 2 rings (SSSR count). The molecule has 1 unspecified atom stereocenters. The molecule has 0 amide bonds. The third-order valence-electron chi connectivity index (χ3n) is 4.28. The van der Waals surface area contributed by atoms with Crippen LogP contribution in [0.15, 0.2) is 40.3 Å². The van der Waals surface area contributed by atoms with E-state index in [0.29, 0.717) is 6.04 Å². The Morgan fingerprint density at radius 3 is 2.73 bits per heavy atom. The first kappa shape index (κ1) is 22.9. The Morgan fingerprint density at radius 2 is 2.15 bits per heavy atom. The molecule has 2 aromatic heterocycles. The fourth-order valence-electron chi connectivity index (χ4n) is 2.88. The van der Waals surface area contributed by atoms with Gasteiger partial charge in [0.1, 0.15) is 0 Å². The number of guanidine groups is 1. The molecule has 6 nitrogen and oxygen atoms in total. The van der Waals surface area contributed by atoms with Crippen molar-refractivity contribution in [3.63, 3.8) is 0 Å². The van der Waals surface area contributed by atoms with E-state index in [9.17, 15) is 0 Å². The van der Waals surface area contributed by atoms with E-state index in [0.717, 1.165) is 45.1 Å². The van der Waals surface area contributed by atoms with Crippen molar-refractivity contribution in [3.8, 4) is 0 Å². The van der Waals surface area contributed by atoms with Gasteiger partial charge < -0.3 is 10.6 Å². The van der Waals surface area contributed by atoms with E-state index in [1.165, 1.54) is 5.56 Å². The molecule has 0 aliphatic carbocycles. The number of halogens is 1. The highest BCUT2D eigenvalue weighted by molar-refractivity contribution is 14.0. The molecule has 26 heavy (non-hydrogen) atoms. The Morgan fingerprint density at radius 1 is 1.35 bits per heavy atom. The fraction of sp³-hybridized carbons (Fsp3) is 0.556. The summed E-state index contributed by atoms with van der Waals surface area (Å²) in [5.74, 6) is 0.854. The number of likely N-dealkylation sites (N-methyl/N-ethyl adjacent to an activating group) is 1. The van der Waals surface area contributed by atoms with E-state index < -0.39 is 0 Å². The summed E-state index contributed by atoms with van der Waals surface area (Å²) in [6.07, 6.45) is 4.81. The maximum Gasteiger partial charge on any atom is 0.191 e. The predicted octanol–water partition coefficient (Wildman–Crippen LogP) is 3.20. The molecular weight excluding hydrogens is 459 g/mol. The molecule has 146 valence electrons. The molecule has 2 heterocycles. The number of rotatable bonds is 10. The summed E-state index contributed by atoms with van der Waals surface area (Å²) in [7, 11) is 1.82. The Bertz CT molecular complexity index is 595. The second-order valence-electron chi connectivity index (χ2n) is 5.80. The predicted molar refractivity (Wildman–Crippen MR) is 122 cm³/mol. The number of aryl methyl sites for hydroxylation is 1. The maximum absolute atomic E-state index is 4.34. The van der Waals surface area contributed by atoms with Gasteiger partial charge in [-0.3, -0.25) is 14.6 Å². The molecule has 0 saturated heterocycles. The number of aromatic nitrogens is 2. The van der Waals surface area contributed by atoms with Crippen LogP contribution in [0.4, 0.5) is 0 Å². The third-order valence-corrected chi connectivity index (χ3v) is 4.98. The van der Waals surface area contributed by atoms with Gasteiger partial charge in [-0.05, 0) is 48.0 Å². The SMILES string of the molecule is CCN(CC)C(CNC(=NC)NCCCn1cccn1)c1ccsc1.I. The van der Waals surface area contributed by atoms with Crippen LogP contribution in [0.2, 0.25) is 0 Å². The van der Waals surface area contributed by atoms with Crippen LogP contribution in [-0.4, -0.2) is 53.9 Å². The van der Waals surface area contributed by atoms with E-state index in [2.05, 4.69) is 56.3 Å². The zero-order valence-corrected chi connectivity index (χ0v) is 19.0. The number of aliphatic imine (C=N–C) groups is 1. The van der Waals surface area contributed by atoms with Crippen molar-refractivity contribution in [2.45, 2.75) is 32.9 Å². The largest absolute Gasteiger partial charge is 0.356 e. The Balaban J connectivity index is 0.00000338. The van der Waals surface area contributed by atoms with Crippen molar-refractivity contribution >= 4 is 41.3 Å². The van der Waals surface area contributed by atoms with Crippen molar-refractivity contribution in [3.05, 3.63) is 40.8 Å². The van der Waals surface area contributed by atoms with Crippen LogP contribution in [0.25, 0.3) is 0 Å². The fourth-order valence-corrected chi connectivity index (χ4v) is 3.59. The topological polar surface area (TPSA) is 57.5 Å². The molecule has 0 saturated carbocycles. The average molecular weight is 490 g/mol. The summed E-state index contributed by atoms with van der Waals surface area (Å²) < 4.78 is 1.95. The summed E-state index contributed by atoms with van der Waals surface area (Å²) in [4.78, 5) is 6.82. The van der Waals surface area contributed by atoms with Crippen molar-refractivity contribution in [1.29, 1.82) is 0 Å². The van der Waals surface area contributed by atoms with Gasteiger partial charge in [0, 0.05) is 39.1 Å². The summed E-state index contributed by atoms with van der Waals surface area (Å²) in [5.41, 5.74) is 1.37. The number of nitrogens with zero attached hydrogens (tertiary/aromatic N) is 4. The summed E-state index contributed by atoms with van der Waals surface area (Å²) >= 11 is 1.75. The molecule has 0 fully saturated rings. The Labute approximate surface area is 178 Å². The summed E-state index contributed by atoms with van der Waals surface area (Å²) in [6.45, 7) is 9.12. The lowest BCUT2D eigenvalue weighted by Crippen LogP contribution is -2.43. The minimum Gasteiger partial charge on any atom is -0.356 e. The molecule has 8 heteroatoms. The number of thiophene rings is 1. The molecule has 0 radical (unpaired) electrons. The highest BCUT2D eigenvalue weighted by Gasteiger charge is 2.18. The van der Waals surface area contributed by atoms with Gasteiger partial charge in [-0.2, -0.15) is 16.4 Å². The standard InChI is InChI=1S/C18H30N6S.HI/c1-4-23(5-2)17(16-8-13-25-15-16)14-21-18(19-3)20-9-6-11-24-12-7-10-22-24;/h7-8,10,12-13,15,17H,4-6,9,11,14H2,1-3H3,(H2,19,20,21);1H. The highest BCUT2D eigenvalue weighted by Crippen LogP contribution is 2.22. The summed E-state index contributed by atoms with van der Waals surface area (Å²) in [6, 6.07) is 4.53. The lowest BCUT2D eigenvalue weighted by Gasteiger charge is -2.30. The molecule has 0 aliphatic heterocycles. The third kappa shape index (κ3) is 7.24. The van der Waals surface area contributed by atoms with E-state index in [1.54, 1.807) is 11.3 Å². The average Bonchev–Trinajstić information content (AvgIpc) is 3.34. The van der Waals surface area contributed by atoms with Crippen LogP contribution in [-0.2, 0) is 6.54 Å². The highest BCUT2D eigenvalue weighted by atomic mass is 127. The van der Waals surface area contributed by atoms with Crippen LogP contribution in [0.1, 0.15) is 31.9 Å². The van der Waals surface area contributed by atoms with Gasteiger partial charge in [0.2, 0.25) is 0 Å². The Kier molecular flexibility index (Phi) is 11.5. The van der Waals surface area contributed by atoms with Crippen molar-refractivity contribution in [2.75, 3.05) is 33.2 Å². The lowest BCUT2D eigenvalue weighted by molar-refractivity contribution is 0.219. The van der Waals surface area contributed by atoms with Crippen LogP contribution < -0.4 is 10.6 Å². The second-order valence-corrected chi connectivity index (χ2v) is 6.58. The van der Waals surface area contributed by atoms with Gasteiger partial charge in [0.15, 0.2) is 5.96 Å². The van der Waals surface area contributed by atoms with E-state index in [-0.39, 0.29) is 24.0 Å². The molecule has 2 N–H and O–H groups in total. The first-order valence-corrected chi connectivity index (χ1v) is 9.90. The minimum atomic E-state index is 0. The van der Waals surface area contributed by atoms with Gasteiger partial charge in [0.25, 0.3) is 0 Å². The van der Waals surface area contributed by atoms with E-state index in [4.69, 9.17) is 0 Å². The van der Waals surface area contributed by atoms with Gasteiger partial charge >= 0.3 is 0 Å². The van der Waals surface area contributed by atoms with Gasteiger partial charge in [-0.15, -0.1) is 24.0 Å². The van der Waals surface area contributed by atoms with Crippen LogP contribution in [0.5, 0.6) is 0 Å². The normalized spacial score (nSPS) is 12.7. The Hall–Kier alpha value is -1.13. The number of hydrogen-bond donors (Lipinski definition) is 2.